The number of aliphatic hydroxyl groups is 1. The van der Waals surface area contributed by atoms with Gasteiger partial charge in [-0.25, -0.2) is 0 Å². The predicted octanol–water partition coefficient (Wildman–Crippen LogP) is 2.27. The van der Waals surface area contributed by atoms with E-state index >= 15 is 0 Å². The van der Waals surface area contributed by atoms with Gasteiger partial charge in [0, 0.05) is 39.8 Å². The van der Waals surface area contributed by atoms with Crippen molar-refractivity contribution in [2.24, 2.45) is 4.99 Å². The van der Waals surface area contributed by atoms with Crippen LogP contribution in [-0.2, 0) is 13.0 Å². The van der Waals surface area contributed by atoms with Crippen LogP contribution in [0.3, 0.4) is 0 Å². The molecule has 1 aliphatic heterocycles. The van der Waals surface area contributed by atoms with E-state index in [1.54, 1.807) is 0 Å². The summed E-state index contributed by atoms with van der Waals surface area (Å²) in [4.78, 5) is 9.08. The maximum atomic E-state index is 10.5. The third-order valence-corrected chi connectivity index (χ3v) is 4.73. The normalized spacial score (nSPS) is 16.0. The minimum absolute atomic E-state index is 0.423. The average Bonchev–Trinajstić information content (AvgIpc) is 2.65. The molecule has 0 fully saturated rings. The first-order valence-corrected chi connectivity index (χ1v) is 9.71. The van der Waals surface area contributed by atoms with Gasteiger partial charge in [0.2, 0.25) is 0 Å². The van der Waals surface area contributed by atoms with Crippen molar-refractivity contribution in [2.45, 2.75) is 38.8 Å². The van der Waals surface area contributed by atoms with Crippen LogP contribution in [0.1, 0.15) is 30.9 Å². The number of guanidine groups is 1. The molecule has 1 heterocycles. The number of nitrogens with one attached hydrogen (secondary N) is 1. The Labute approximate surface area is 158 Å². The van der Waals surface area contributed by atoms with Crippen LogP contribution in [0.25, 0.3) is 0 Å². The quantitative estimate of drug-likeness (QED) is 0.308. The van der Waals surface area contributed by atoms with Gasteiger partial charge in [-0.2, -0.15) is 0 Å². The number of allylic oxidation sites excluding steroid dienone is 1. The first kappa shape index (κ1) is 20.5. The summed E-state index contributed by atoms with van der Waals surface area (Å²) in [6.45, 7) is 10.6. The number of hydrogen-bond acceptors (Lipinski definition) is 3. The van der Waals surface area contributed by atoms with E-state index < -0.39 is 6.10 Å². The molecule has 0 aromatic heterocycles. The number of rotatable bonds is 9. The van der Waals surface area contributed by atoms with Crippen molar-refractivity contribution in [3.8, 4) is 0 Å². The van der Waals surface area contributed by atoms with Crippen molar-refractivity contribution < 1.29 is 5.11 Å². The Hall–Kier alpha value is -1.85. The Kier molecular flexibility index (Phi) is 8.65. The predicted molar refractivity (Wildman–Crippen MR) is 109 cm³/mol. The minimum atomic E-state index is -0.449. The fraction of sp³-hybridized carbons (Fsp3) is 0.571. The molecule has 0 bridgehead atoms. The van der Waals surface area contributed by atoms with Crippen molar-refractivity contribution in [2.75, 3.05) is 39.8 Å². The number of nitrogens with zero attached hydrogens (tertiary/aromatic N) is 3. The lowest BCUT2D eigenvalue weighted by Crippen LogP contribution is -2.41. The molecule has 5 heteroatoms. The van der Waals surface area contributed by atoms with E-state index in [2.05, 4.69) is 57.9 Å². The zero-order chi connectivity index (χ0) is 18.8. The third-order valence-electron chi connectivity index (χ3n) is 4.73. The lowest BCUT2D eigenvalue weighted by atomic mass is 10.00. The van der Waals surface area contributed by atoms with Crippen LogP contribution in [-0.4, -0.2) is 66.7 Å². The zero-order valence-corrected chi connectivity index (χ0v) is 16.3. The number of fused-ring (bicyclic) bond motifs is 1. The van der Waals surface area contributed by atoms with E-state index in [9.17, 15) is 5.11 Å². The summed E-state index contributed by atoms with van der Waals surface area (Å²) in [6.07, 6.45) is 4.61. The fourth-order valence-corrected chi connectivity index (χ4v) is 3.31. The molecular weight excluding hydrogens is 324 g/mol. The number of aliphatic imine (C=N–C) groups is 1. The standard InChI is InChI=1S/C21H34N4O/c1-4-6-9-13-24(3)21(22-5-2)23-15-20(26)17-25-14-12-18-10-7-8-11-19(18)16-25/h4,7-8,10-11,20,26H,1,5-6,9,12-17H2,2-3H3,(H,22,23). The van der Waals surface area contributed by atoms with Gasteiger partial charge in [0.1, 0.15) is 0 Å². The van der Waals surface area contributed by atoms with Gasteiger partial charge in [-0.1, -0.05) is 30.3 Å². The SMILES string of the molecule is C=CCCCN(C)C(=NCC(O)CN1CCc2ccccc2C1)NCC. The van der Waals surface area contributed by atoms with Crippen molar-refractivity contribution in [1.29, 1.82) is 0 Å². The van der Waals surface area contributed by atoms with Gasteiger partial charge >= 0.3 is 0 Å². The van der Waals surface area contributed by atoms with Crippen LogP contribution in [0.15, 0.2) is 41.9 Å². The molecule has 26 heavy (non-hydrogen) atoms. The number of benzene rings is 1. The molecule has 1 aromatic rings. The molecule has 0 saturated heterocycles. The molecule has 2 rings (SSSR count). The Morgan fingerprint density at radius 3 is 2.92 bits per heavy atom. The van der Waals surface area contributed by atoms with Gasteiger partial charge in [-0.05, 0) is 37.3 Å². The third kappa shape index (κ3) is 6.46. The summed E-state index contributed by atoms with van der Waals surface area (Å²) >= 11 is 0. The molecule has 0 amide bonds. The minimum Gasteiger partial charge on any atom is -0.390 e. The molecule has 0 spiro atoms. The van der Waals surface area contributed by atoms with E-state index in [0.717, 1.165) is 51.4 Å². The number of aliphatic hydroxyl groups excluding tert-OH is 1. The van der Waals surface area contributed by atoms with Crippen molar-refractivity contribution in [3.63, 3.8) is 0 Å². The summed E-state index contributed by atoms with van der Waals surface area (Å²) in [5, 5.41) is 13.8. The Morgan fingerprint density at radius 1 is 1.42 bits per heavy atom. The second-order valence-corrected chi connectivity index (χ2v) is 6.95. The topological polar surface area (TPSA) is 51.1 Å². The molecule has 0 saturated carbocycles. The number of β-amino-alcohol motifs (C(OH)–C–C–N with tert-alkyl or cyclic N) is 1. The molecule has 1 atom stereocenters. The highest BCUT2D eigenvalue weighted by molar-refractivity contribution is 5.79. The largest absolute Gasteiger partial charge is 0.390 e. The second kappa shape index (κ2) is 11.0. The maximum absolute atomic E-state index is 10.5. The van der Waals surface area contributed by atoms with Gasteiger partial charge in [-0.15, -0.1) is 6.58 Å². The van der Waals surface area contributed by atoms with E-state index in [0.29, 0.717) is 13.1 Å². The van der Waals surface area contributed by atoms with Gasteiger partial charge in [0.05, 0.1) is 12.6 Å². The molecule has 0 radical (unpaired) electrons. The molecule has 1 unspecified atom stereocenters. The van der Waals surface area contributed by atoms with Crippen molar-refractivity contribution in [1.82, 2.24) is 15.1 Å². The first-order valence-electron chi connectivity index (χ1n) is 9.71. The van der Waals surface area contributed by atoms with Crippen LogP contribution in [0.2, 0.25) is 0 Å². The molecule has 1 aromatic carbocycles. The van der Waals surface area contributed by atoms with Crippen LogP contribution >= 0.6 is 0 Å². The number of unbranched alkanes of at least 4 members (excludes halogenated alkanes) is 1. The van der Waals surface area contributed by atoms with Crippen LogP contribution in [0.5, 0.6) is 0 Å². The van der Waals surface area contributed by atoms with Crippen LogP contribution in [0.4, 0.5) is 0 Å². The van der Waals surface area contributed by atoms with E-state index in [-0.39, 0.29) is 0 Å². The van der Waals surface area contributed by atoms with E-state index in [1.807, 2.05) is 13.1 Å². The van der Waals surface area contributed by atoms with Crippen LogP contribution < -0.4 is 5.32 Å². The lowest BCUT2D eigenvalue weighted by Gasteiger charge is -2.30. The van der Waals surface area contributed by atoms with Gasteiger partial charge in [0.15, 0.2) is 5.96 Å². The highest BCUT2D eigenvalue weighted by Crippen LogP contribution is 2.18. The van der Waals surface area contributed by atoms with Gasteiger partial charge in [0.25, 0.3) is 0 Å². The van der Waals surface area contributed by atoms with Crippen molar-refractivity contribution >= 4 is 5.96 Å². The zero-order valence-electron chi connectivity index (χ0n) is 16.3. The highest BCUT2D eigenvalue weighted by Gasteiger charge is 2.18. The molecule has 5 nitrogen and oxygen atoms in total. The molecule has 0 aliphatic carbocycles. The molecule has 2 N–H and O–H groups in total. The number of hydrogen-bond donors (Lipinski definition) is 2. The Morgan fingerprint density at radius 2 is 2.19 bits per heavy atom. The molecule has 1 aliphatic rings. The van der Waals surface area contributed by atoms with Crippen LogP contribution in [0, 0.1) is 0 Å². The molecular formula is C21H34N4O. The average molecular weight is 359 g/mol. The molecule has 144 valence electrons. The summed E-state index contributed by atoms with van der Waals surface area (Å²) in [5.74, 6) is 0.861. The Balaban J connectivity index is 1.83. The maximum Gasteiger partial charge on any atom is 0.193 e. The summed E-state index contributed by atoms with van der Waals surface area (Å²) in [5.41, 5.74) is 2.82. The van der Waals surface area contributed by atoms with E-state index in [1.165, 1.54) is 11.1 Å². The fourth-order valence-electron chi connectivity index (χ4n) is 3.31. The van der Waals surface area contributed by atoms with Crippen molar-refractivity contribution in [3.05, 3.63) is 48.0 Å². The van der Waals surface area contributed by atoms with E-state index in [4.69, 9.17) is 0 Å². The van der Waals surface area contributed by atoms with Gasteiger partial charge < -0.3 is 15.3 Å². The van der Waals surface area contributed by atoms with Gasteiger partial charge in [-0.3, -0.25) is 9.89 Å². The second-order valence-electron chi connectivity index (χ2n) is 6.95. The summed E-state index contributed by atoms with van der Waals surface area (Å²) in [7, 11) is 2.04. The monoisotopic (exact) mass is 358 g/mol. The lowest BCUT2D eigenvalue weighted by molar-refractivity contribution is 0.111. The Bertz CT molecular complexity index is 587. The smallest absolute Gasteiger partial charge is 0.193 e. The first-order chi connectivity index (χ1) is 12.6. The summed E-state index contributed by atoms with van der Waals surface area (Å²) in [6, 6.07) is 8.59. The summed E-state index contributed by atoms with van der Waals surface area (Å²) < 4.78 is 0. The highest BCUT2D eigenvalue weighted by atomic mass is 16.3.